The van der Waals surface area contributed by atoms with Crippen molar-refractivity contribution >= 4 is 9.84 Å². The van der Waals surface area contributed by atoms with Crippen molar-refractivity contribution < 1.29 is 8.42 Å². The predicted molar refractivity (Wildman–Crippen MR) is 45.0 cm³/mol. The molecule has 0 spiro atoms. The number of sulfone groups is 1. The number of nitrogens with two attached hydrogens (primary N) is 1. The van der Waals surface area contributed by atoms with Gasteiger partial charge in [0.25, 0.3) is 0 Å². The van der Waals surface area contributed by atoms with Crippen LogP contribution in [0.1, 0.15) is 12.8 Å². The lowest BCUT2D eigenvalue weighted by Crippen LogP contribution is -2.42. The van der Waals surface area contributed by atoms with Crippen molar-refractivity contribution in [2.45, 2.75) is 18.9 Å². The number of rotatable bonds is 1. The van der Waals surface area contributed by atoms with E-state index in [0.29, 0.717) is 12.8 Å². The number of hydrogen-bond acceptors (Lipinski definition) is 4. The summed E-state index contributed by atoms with van der Waals surface area (Å²) in [6.45, 7) is 0. The third-order valence-electron chi connectivity index (χ3n) is 2.21. The van der Waals surface area contributed by atoms with Gasteiger partial charge in [-0.15, -0.1) is 0 Å². The Hall–Kier alpha value is -0.600. The van der Waals surface area contributed by atoms with Crippen molar-refractivity contribution in [1.29, 1.82) is 5.26 Å². The van der Waals surface area contributed by atoms with Crippen LogP contribution in [0.15, 0.2) is 0 Å². The van der Waals surface area contributed by atoms with Gasteiger partial charge in [0.1, 0.15) is 0 Å². The lowest BCUT2D eigenvalue weighted by Gasteiger charge is -2.26. The van der Waals surface area contributed by atoms with Crippen LogP contribution < -0.4 is 5.73 Å². The smallest absolute Gasteiger partial charge is 0.151 e. The molecule has 12 heavy (non-hydrogen) atoms. The first-order valence-electron chi connectivity index (χ1n) is 3.88. The normalized spacial score (nSPS) is 34.0. The summed E-state index contributed by atoms with van der Waals surface area (Å²) in [5.74, 6) is 0.297. The highest BCUT2D eigenvalue weighted by atomic mass is 32.2. The summed E-state index contributed by atoms with van der Waals surface area (Å²) >= 11 is 0. The molecule has 0 aromatic carbocycles. The lowest BCUT2D eigenvalue weighted by atomic mass is 9.95. The molecular weight excluding hydrogens is 176 g/mol. The molecule has 1 rings (SSSR count). The second-order valence-electron chi connectivity index (χ2n) is 3.19. The van der Waals surface area contributed by atoms with Crippen LogP contribution in [0.5, 0.6) is 0 Å². The molecule has 0 aromatic rings. The number of nitrogens with zero attached hydrogens (tertiary/aromatic N) is 1. The highest BCUT2D eigenvalue weighted by molar-refractivity contribution is 7.91. The summed E-state index contributed by atoms with van der Waals surface area (Å²) in [5.41, 5.74) is 5.61. The van der Waals surface area contributed by atoms with Gasteiger partial charge in [0.2, 0.25) is 0 Å². The first kappa shape index (κ1) is 9.49. The molecule has 1 saturated heterocycles. The summed E-state index contributed by atoms with van der Waals surface area (Å²) in [5, 5.41) is 8.41. The van der Waals surface area contributed by atoms with Crippen LogP contribution in [0.25, 0.3) is 0 Å². The molecule has 0 saturated carbocycles. The van der Waals surface area contributed by atoms with Crippen LogP contribution >= 0.6 is 0 Å². The Morgan fingerprint density at radius 2 is 2.25 bits per heavy atom. The van der Waals surface area contributed by atoms with Gasteiger partial charge in [0, 0.05) is 12.5 Å². The lowest BCUT2D eigenvalue weighted by molar-refractivity contribution is 0.417. The van der Waals surface area contributed by atoms with Crippen molar-refractivity contribution in [3.63, 3.8) is 0 Å². The van der Waals surface area contributed by atoms with Crippen molar-refractivity contribution in [3.05, 3.63) is 0 Å². The van der Waals surface area contributed by atoms with E-state index in [4.69, 9.17) is 11.0 Å². The minimum atomic E-state index is -2.92. The molecule has 2 unspecified atom stereocenters. The van der Waals surface area contributed by atoms with Gasteiger partial charge in [0.15, 0.2) is 9.84 Å². The number of hydrogen-bond donors (Lipinski definition) is 1. The van der Waals surface area contributed by atoms with Crippen LogP contribution in [0.3, 0.4) is 0 Å². The molecule has 0 bridgehead atoms. The van der Waals surface area contributed by atoms with E-state index in [1.54, 1.807) is 0 Å². The fraction of sp³-hybridized carbons (Fsp3) is 0.857. The molecule has 1 heterocycles. The van der Waals surface area contributed by atoms with E-state index in [0.717, 1.165) is 0 Å². The molecule has 1 aliphatic rings. The molecule has 2 atom stereocenters. The maximum atomic E-state index is 11.0. The second kappa shape index (κ2) is 3.42. The van der Waals surface area contributed by atoms with Crippen LogP contribution in [0, 0.1) is 17.2 Å². The average Bonchev–Trinajstić information content (AvgIpc) is 1.94. The Balaban J connectivity index is 2.61. The van der Waals surface area contributed by atoms with E-state index < -0.39 is 9.84 Å². The quantitative estimate of drug-likeness (QED) is 0.610. The first-order chi connectivity index (χ1) is 5.55. The SMILES string of the molecule is N#CCC1CCS(=O)(=O)CC1N. The highest BCUT2D eigenvalue weighted by Crippen LogP contribution is 2.20. The third-order valence-corrected chi connectivity index (χ3v) is 3.96. The molecule has 2 N–H and O–H groups in total. The summed E-state index contributed by atoms with van der Waals surface area (Å²) < 4.78 is 22.1. The second-order valence-corrected chi connectivity index (χ2v) is 5.42. The molecule has 1 fully saturated rings. The molecule has 0 aliphatic carbocycles. The van der Waals surface area contributed by atoms with Crippen LogP contribution in [-0.2, 0) is 9.84 Å². The van der Waals surface area contributed by atoms with Crippen LogP contribution in [0.4, 0.5) is 0 Å². The predicted octanol–water partition coefficient (Wildman–Crippen LogP) is -0.338. The van der Waals surface area contributed by atoms with Gasteiger partial charge in [-0.1, -0.05) is 0 Å². The largest absolute Gasteiger partial charge is 0.326 e. The maximum absolute atomic E-state index is 11.0. The van der Waals surface area contributed by atoms with E-state index in [1.807, 2.05) is 6.07 Å². The molecule has 1 aliphatic heterocycles. The van der Waals surface area contributed by atoms with Crippen LogP contribution in [-0.4, -0.2) is 26.0 Å². The Bertz CT molecular complexity index is 291. The molecule has 68 valence electrons. The summed E-state index contributed by atoms with van der Waals surface area (Å²) in [7, 11) is -2.92. The van der Waals surface area contributed by atoms with Crippen molar-refractivity contribution in [2.75, 3.05) is 11.5 Å². The molecular formula is C7H12N2O2S. The van der Waals surface area contributed by atoms with E-state index in [9.17, 15) is 8.42 Å². The summed E-state index contributed by atoms with van der Waals surface area (Å²) in [6, 6.07) is 1.68. The molecule has 5 heteroatoms. The minimum absolute atomic E-state index is 0.0410. The third kappa shape index (κ3) is 2.19. The zero-order valence-corrected chi connectivity index (χ0v) is 7.55. The zero-order valence-electron chi connectivity index (χ0n) is 6.73. The zero-order chi connectivity index (χ0) is 9.19. The van der Waals surface area contributed by atoms with Crippen molar-refractivity contribution in [2.24, 2.45) is 11.7 Å². The van der Waals surface area contributed by atoms with Gasteiger partial charge in [-0.25, -0.2) is 8.42 Å². The molecule has 4 nitrogen and oxygen atoms in total. The summed E-state index contributed by atoms with van der Waals surface area (Å²) in [6.07, 6.45) is 0.910. The first-order valence-corrected chi connectivity index (χ1v) is 5.70. The standard InChI is InChI=1S/C7H12N2O2S/c8-3-1-6-2-4-12(10,11)5-7(6)9/h6-7H,1-2,4-5,9H2. The number of nitriles is 1. The van der Waals surface area contributed by atoms with Gasteiger partial charge in [0.05, 0.1) is 17.6 Å². The van der Waals surface area contributed by atoms with Gasteiger partial charge in [-0.2, -0.15) is 5.26 Å². The summed E-state index contributed by atoms with van der Waals surface area (Å²) in [4.78, 5) is 0. The van der Waals surface area contributed by atoms with E-state index in [2.05, 4.69) is 0 Å². The Labute approximate surface area is 72.3 Å². The Morgan fingerprint density at radius 3 is 2.75 bits per heavy atom. The molecule has 0 amide bonds. The topological polar surface area (TPSA) is 84.0 Å². The fourth-order valence-corrected chi connectivity index (χ4v) is 3.12. The van der Waals surface area contributed by atoms with Crippen molar-refractivity contribution in [3.8, 4) is 6.07 Å². The van der Waals surface area contributed by atoms with Gasteiger partial charge in [-0.3, -0.25) is 0 Å². The highest BCUT2D eigenvalue weighted by Gasteiger charge is 2.30. The minimum Gasteiger partial charge on any atom is -0.326 e. The average molecular weight is 188 g/mol. The van der Waals surface area contributed by atoms with E-state index >= 15 is 0 Å². The van der Waals surface area contributed by atoms with E-state index in [1.165, 1.54) is 0 Å². The Kier molecular flexibility index (Phi) is 2.70. The van der Waals surface area contributed by atoms with E-state index in [-0.39, 0.29) is 23.5 Å². The Morgan fingerprint density at radius 1 is 1.58 bits per heavy atom. The van der Waals surface area contributed by atoms with Gasteiger partial charge < -0.3 is 5.73 Å². The van der Waals surface area contributed by atoms with Gasteiger partial charge >= 0.3 is 0 Å². The fourth-order valence-electron chi connectivity index (χ4n) is 1.43. The molecule has 0 radical (unpaired) electrons. The van der Waals surface area contributed by atoms with Gasteiger partial charge in [-0.05, 0) is 12.3 Å². The maximum Gasteiger partial charge on any atom is 0.151 e. The van der Waals surface area contributed by atoms with Crippen LogP contribution in [0.2, 0.25) is 0 Å². The van der Waals surface area contributed by atoms with Crippen molar-refractivity contribution in [1.82, 2.24) is 0 Å². The molecule has 0 aromatic heterocycles. The monoisotopic (exact) mass is 188 g/mol.